The fraction of sp³-hybridized carbons (Fsp3) is 0.588. The van der Waals surface area contributed by atoms with Crippen LogP contribution in [0.1, 0.15) is 30.7 Å². The van der Waals surface area contributed by atoms with Gasteiger partial charge in [0.05, 0.1) is 0 Å². The van der Waals surface area contributed by atoms with E-state index in [0.717, 1.165) is 36.4 Å². The van der Waals surface area contributed by atoms with Crippen molar-refractivity contribution in [2.75, 3.05) is 19.6 Å². The van der Waals surface area contributed by atoms with E-state index in [9.17, 15) is 18.0 Å². The first-order chi connectivity index (χ1) is 11.0. The molecule has 1 saturated carbocycles. The van der Waals surface area contributed by atoms with Crippen LogP contribution >= 0.6 is 0 Å². The summed E-state index contributed by atoms with van der Waals surface area (Å²) in [4.78, 5) is 13.0. The number of rotatable bonds is 4. The van der Waals surface area contributed by atoms with Crippen molar-refractivity contribution in [2.24, 2.45) is 5.92 Å². The molecule has 1 amide bonds. The zero-order valence-corrected chi connectivity index (χ0v) is 16.3. The predicted molar refractivity (Wildman–Crippen MR) is 82.9 cm³/mol. The maximum atomic E-state index is 13.0. The molecule has 0 unspecified atom stereocenters. The molecule has 2 atom stereocenters. The van der Waals surface area contributed by atoms with Gasteiger partial charge in [-0.3, -0.25) is 4.79 Å². The van der Waals surface area contributed by atoms with Crippen molar-refractivity contribution in [3.63, 3.8) is 0 Å². The molecule has 0 radical (unpaired) electrons. The zero-order valence-electron chi connectivity index (χ0n) is 14.3. The topological polar surface area (TPSA) is 62.3 Å². The van der Waals surface area contributed by atoms with E-state index in [1.165, 1.54) is 0 Å². The molecule has 1 aromatic rings. The number of carbonyl (C=O) groups is 1. The van der Waals surface area contributed by atoms with Gasteiger partial charge in [0.25, 0.3) is 0 Å². The Hall–Kier alpha value is -0.600. The summed E-state index contributed by atoms with van der Waals surface area (Å²) in [6.07, 6.45) is -2.53. The van der Waals surface area contributed by atoms with E-state index in [1.54, 1.807) is 0 Å². The largest absolute Gasteiger partial charge is 1.00 e. The van der Waals surface area contributed by atoms with E-state index in [-0.39, 0.29) is 59.5 Å². The minimum atomic E-state index is -4.79. The normalized spacial score (nSPS) is 23.2. The van der Waals surface area contributed by atoms with Gasteiger partial charge in [0, 0.05) is 18.5 Å². The third kappa shape index (κ3) is 5.69. The second-order valence-corrected chi connectivity index (χ2v) is 6.47. The number of hydrogen-bond donors (Lipinski definition) is 1. The molecule has 134 valence electrons. The first-order valence-corrected chi connectivity index (χ1v) is 8.10. The molecule has 1 saturated heterocycles. The first kappa shape index (κ1) is 22.4. The summed E-state index contributed by atoms with van der Waals surface area (Å²) in [6, 6.07) is 9.17. The molecular weight excluding hydrogens is 344 g/mol. The summed E-state index contributed by atoms with van der Waals surface area (Å²) in [5.74, 6) is -1.50. The van der Waals surface area contributed by atoms with Gasteiger partial charge in [-0.15, -0.1) is 0 Å². The molecule has 1 aliphatic carbocycles. The fourth-order valence-electron chi connectivity index (χ4n) is 3.46. The molecule has 4 nitrogen and oxygen atoms in total. The number of nitrogens with zero attached hydrogens (tertiary/aromatic N) is 1. The van der Waals surface area contributed by atoms with Crippen molar-refractivity contribution in [1.82, 2.24) is 10.2 Å². The first-order valence-electron chi connectivity index (χ1n) is 8.10. The number of amides is 1. The maximum Gasteiger partial charge on any atom is 1.00 e. The Morgan fingerprint density at radius 2 is 1.76 bits per heavy atom. The molecule has 2 N–H and O–H groups in total. The van der Waals surface area contributed by atoms with Gasteiger partial charge >= 0.3 is 41.6 Å². The monoisotopic (exact) mass is 366 g/mol. The van der Waals surface area contributed by atoms with Crippen molar-refractivity contribution in [1.29, 1.82) is 0 Å². The third-order valence-corrected chi connectivity index (χ3v) is 4.80. The summed E-state index contributed by atoms with van der Waals surface area (Å²) >= 11 is 0. The Bertz CT molecular complexity index is 551. The molecule has 0 spiro atoms. The van der Waals surface area contributed by atoms with Crippen LogP contribution in [0, 0.1) is 5.92 Å². The maximum absolute atomic E-state index is 13.0. The van der Waals surface area contributed by atoms with E-state index in [4.69, 9.17) is 0 Å². The van der Waals surface area contributed by atoms with E-state index >= 15 is 0 Å². The second kappa shape index (κ2) is 9.37. The van der Waals surface area contributed by atoms with Crippen molar-refractivity contribution < 1.29 is 53.0 Å². The Balaban J connectivity index is 0.00000156. The Morgan fingerprint density at radius 3 is 2.32 bits per heavy atom. The van der Waals surface area contributed by atoms with Crippen molar-refractivity contribution in [3.05, 3.63) is 35.9 Å². The minimum absolute atomic E-state index is 0. The van der Waals surface area contributed by atoms with Crippen LogP contribution in [0.2, 0.25) is 0 Å². The Morgan fingerprint density at radius 1 is 1.16 bits per heavy atom. The van der Waals surface area contributed by atoms with Crippen LogP contribution in [0.3, 0.4) is 0 Å². The number of piperidine rings is 1. The van der Waals surface area contributed by atoms with Crippen LogP contribution in [0.4, 0.5) is 13.2 Å². The van der Waals surface area contributed by atoms with E-state index < -0.39 is 12.1 Å². The van der Waals surface area contributed by atoms with Gasteiger partial charge in [-0.05, 0) is 43.8 Å². The Kier molecular flexibility index (Phi) is 8.41. The van der Waals surface area contributed by atoms with E-state index in [1.807, 2.05) is 30.3 Å². The molecule has 0 aromatic heterocycles. The van der Waals surface area contributed by atoms with Crippen LogP contribution < -0.4 is 34.9 Å². The molecular formula is C17H22F3N2NaO2. The quantitative estimate of drug-likeness (QED) is 0.749. The molecule has 0 bridgehead atoms. The summed E-state index contributed by atoms with van der Waals surface area (Å²) in [5.41, 5.74) is 1.02. The second-order valence-electron chi connectivity index (χ2n) is 6.47. The van der Waals surface area contributed by atoms with Gasteiger partial charge in [-0.1, -0.05) is 30.3 Å². The summed E-state index contributed by atoms with van der Waals surface area (Å²) in [5, 5.41) is 3.20. The zero-order chi connectivity index (χ0) is 16.4. The van der Waals surface area contributed by atoms with Crippen molar-refractivity contribution in [3.8, 4) is 0 Å². The van der Waals surface area contributed by atoms with Crippen LogP contribution in [-0.2, 0) is 4.79 Å². The molecule has 2 aliphatic rings. The SMILES string of the molecule is O=C(N(CC1CCNCC1)[C@@H]1C[C@H]1c1ccccc1)C(F)(F)F.[Na+].[OH-]. The standard InChI is InChI=1S/C17H21F3N2O.Na.H2O/c18-17(19,20)16(23)22(11-12-6-8-21-9-7-12)15-10-14(15)13-4-2-1-3-5-13;;/h1-5,12,14-15,21H,6-11H2;;1H2/q;+1;/p-1/t14-,15+;;/m0../s1. The average Bonchev–Trinajstić information content (AvgIpc) is 3.33. The van der Waals surface area contributed by atoms with Gasteiger partial charge in [-0.25, -0.2) is 0 Å². The number of nitrogens with one attached hydrogen (secondary N) is 1. The molecule has 8 heteroatoms. The molecule has 3 rings (SSSR count). The summed E-state index contributed by atoms with van der Waals surface area (Å²) < 4.78 is 38.9. The molecule has 1 aromatic carbocycles. The van der Waals surface area contributed by atoms with Crippen LogP contribution in [-0.4, -0.2) is 48.1 Å². The smallest absolute Gasteiger partial charge is 0.870 e. The van der Waals surface area contributed by atoms with Gasteiger partial charge in [0.1, 0.15) is 0 Å². The molecule has 2 fully saturated rings. The fourth-order valence-corrected chi connectivity index (χ4v) is 3.46. The van der Waals surface area contributed by atoms with Crippen LogP contribution in [0.15, 0.2) is 30.3 Å². The van der Waals surface area contributed by atoms with Gasteiger partial charge < -0.3 is 15.7 Å². The number of halogens is 3. The third-order valence-electron chi connectivity index (χ3n) is 4.80. The van der Waals surface area contributed by atoms with Crippen molar-refractivity contribution >= 4 is 5.91 Å². The Labute approximate surface area is 167 Å². The molecule has 1 heterocycles. The van der Waals surface area contributed by atoms with Gasteiger partial charge in [0.15, 0.2) is 0 Å². The average molecular weight is 366 g/mol. The van der Waals surface area contributed by atoms with Gasteiger partial charge in [-0.2, -0.15) is 13.2 Å². The number of alkyl halides is 3. The minimum Gasteiger partial charge on any atom is -0.870 e. The number of carbonyl (C=O) groups excluding carboxylic acids is 1. The number of benzene rings is 1. The molecule has 1 aliphatic heterocycles. The number of hydrogen-bond acceptors (Lipinski definition) is 3. The van der Waals surface area contributed by atoms with E-state index in [0.29, 0.717) is 6.42 Å². The van der Waals surface area contributed by atoms with Crippen LogP contribution in [0.25, 0.3) is 0 Å². The summed E-state index contributed by atoms with van der Waals surface area (Å²) in [6.45, 7) is 1.84. The molecule has 25 heavy (non-hydrogen) atoms. The van der Waals surface area contributed by atoms with E-state index in [2.05, 4.69) is 5.32 Å². The predicted octanol–water partition coefficient (Wildman–Crippen LogP) is -0.240. The summed E-state index contributed by atoms with van der Waals surface area (Å²) in [7, 11) is 0. The van der Waals surface area contributed by atoms with Crippen LogP contribution in [0.5, 0.6) is 0 Å². The van der Waals surface area contributed by atoms with Gasteiger partial charge in [0.2, 0.25) is 0 Å². The van der Waals surface area contributed by atoms with Crippen molar-refractivity contribution in [2.45, 2.75) is 37.4 Å².